The highest BCUT2D eigenvalue weighted by Gasteiger charge is 2.31. The third-order valence-electron chi connectivity index (χ3n) is 5.10. The third kappa shape index (κ3) is 7.60. The Labute approximate surface area is 228 Å². The molecule has 2 aromatic carbocycles. The fraction of sp³-hybridized carbons (Fsp3) is 0.192. The average Bonchev–Trinajstić information content (AvgIpc) is 3.42. The fourth-order valence-corrected chi connectivity index (χ4v) is 6.19. The van der Waals surface area contributed by atoms with Crippen molar-refractivity contribution in [3.63, 3.8) is 0 Å². The van der Waals surface area contributed by atoms with E-state index in [0.29, 0.717) is 27.3 Å². The van der Waals surface area contributed by atoms with Gasteiger partial charge in [-0.15, -0.1) is 10.2 Å². The smallest absolute Gasteiger partial charge is 0.266 e. The molecule has 1 aliphatic heterocycles. The van der Waals surface area contributed by atoms with Gasteiger partial charge in [-0.3, -0.25) is 14.5 Å². The number of aryl methyl sites for hydroxylation is 1. The lowest BCUT2D eigenvalue weighted by Crippen LogP contribution is -2.29. The highest BCUT2D eigenvalue weighted by molar-refractivity contribution is 8.26. The molecule has 4 rings (SSSR count). The van der Waals surface area contributed by atoms with Crippen LogP contribution in [0.5, 0.6) is 0 Å². The maximum absolute atomic E-state index is 12.8. The van der Waals surface area contributed by atoms with Crippen LogP contribution in [0.2, 0.25) is 0 Å². The zero-order chi connectivity index (χ0) is 25.3. The Morgan fingerprint density at radius 3 is 2.67 bits per heavy atom. The molecule has 0 spiro atoms. The molecule has 0 atom stereocenters. The number of thioether (sulfide) groups is 2. The lowest BCUT2D eigenvalue weighted by molar-refractivity contribution is -0.122. The molecule has 0 radical (unpaired) electrons. The van der Waals surface area contributed by atoms with Gasteiger partial charge < -0.3 is 5.32 Å². The molecule has 2 amide bonds. The fourth-order valence-electron chi connectivity index (χ4n) is 3.27. The normalized spacial score (nSPS) is 14.8. The van der Waals surface area contributed by atoms with E-state index in [1.807, 2.05) is 67.6 Å². The van der Waals surface area contributed by atoms with Crippen LogP contribution in [0.3, 0.4) is 0 Å². The lowest BCUT2D eigenvalue weighted by Gasteiger charge is -2.13. The molecule has 3 aromatic rings. The minimum absolute atomic E-state index is 0.113. The Morgan fingerprint density at radius 2 is 1.89 bits per heavy atom. The molecule has 1 N–H and O–H groups in total. The zero-order valence-electron chi connectivity index (χ0n) is 19.5. The number of thiocarbonyl (C=S) groups is 1. The first-order valence-corrected chi connectivity index (χ1v) is 14.3. The maximum Gasteiger partial charge on any atom is 0.266 e. The number of rotatable bonds is 10. The summed E-state index contributed by atoms with van der Waals surface area (Å²) in [6, 6.07) is 18.1. The number of amides is 2. The molecular formula is C26H24N4O2S4. The van der Waals surface area contributed by atoms with Crippen molar-refractivity contribution in [2.45, 2.75) is 24.1 Å². The van der Waals surface area contributed by atoms with E-state index < -0.39 is 0 Å². The van der Waals surface area contributed by atoms with Crippen LogP contribution < -0.4 is 5.32 Å². The van der Waals surface area contributed by atoms with E-state index in [2.05, 4.69) is 27.7 Å². The van der Waals surface area contributed by atoms with E-state index in [9.17, 15) is 9.59 Å². The zero-order valence-corrected chi connectivity index (χ0v) is 22.8. The third-order valence-corrected chi connectivity index (χ3v) is 8.40. The number of benzene rings is 2. The van der Waals surface area contributed by atoms with Gasteiger partial charge in [0.1, 0.15) is 4.32 Å². The SMILES string of the molecule is Cc1ccc(/C=C2/SC(=S)N(CCCC(=O)Nc3nnc(SC/C=C/c4ccccc4)s3)C2=O)cc1. The second-order valence-electron chi connectivity index (χ2n) is 7.89. The first-order chi connectivity index (χ1) is 17.5. The van der Waals surface area contributed by atoms with Gasteiger partial charge in [0.25, 0.3) is 5.91 Å². The van der Waals surface area contributed by atoms with Crippen molar-refractivity contribution in [1.82, 2.24) is 15.1 Å². The Kier molecular flexibility index (Phi) is 9.46. The van der Waals surface area contributed by atoms with Gasteiger partial charge in [-0.25, -0.2) is 0 Å². The van der Waals surface area contributed by atoms with E-state index in [1.165, 1.54) is 23.1 Å². The van der Waals surface area contributed by atoms with E-state index in [-0.39, 0.29) is 18.2 Å². The average molecular weight is 553 g/mol. The summed E-state index contributed by atoms with van der Waals surface area (Å²) in [5, 5.41) is 11.4. The molecule has 1 aliphatic rings. The summed E-state index contributed by atoms with van der Waals surface area (Å²) < 4.78 is 1.31. The highest BCUT2D eigenvalue weighted by atomic mass is 32.2. The predicted octanol–water partition coefficient (Wildman–Crippen LogP) is 6.27. The first kappa shape index (κ1) is 26.3. The van der Waals surface area contributed by atoms with Crippen LogP contribution in [0.1, 0.15) is 29.5 Å². The largest absolute Gasteiger partial charge is 0.301 e. The Morgan fingerprint density at radius 1 is 1.11 bits per heavy atom. The molecule has 10 heteroatoms. The van der Waals surface area contributed by atoms with Gasteiger partial charge in [-0.2, -0.15) is 0 Å². The van der Waals surface area contributed by atoms with E-state index in [0.717, 1.165) is 26.8 Å². The van der Waals surface area contributed by atoms with Crippen LogP contribution in [0, 0.1) is 6.92 Å². The number of anilines is 1. The molecule has 0 saturated carbocycles. The van der Waals surface area contributed by atoms with Crippen molar-refractivity contribution in [3.8, 4) is 0 Å². The number of hydrogen-bond acceptors (Lipinski definition) is 8. The minimum atomic E-state index is -0.160. The summed E-state index contributed by atoms with van der Waals surface area (Å²) in [5.41, 5.74) is 3.27. The molecule has 36 heavy (non-hydrogen) atoms. The molecule has 1 fully saturated rings. The number of carbonyl (C=O) groups is 2. The van der Waals surface area contributed by atoms with Crippen LogP contribution >= 0.6 is 47.1 Å². The predicted molar refractivity (Wildman–Crippen MR) is 155 cm³/mol. The molecule has 1 aromatic heterocycles. The summed E-state index contributed by atoms with van der Waals surface area (Å²) >= 11 is 9.60. The summed E-state index contributed by atoms with van der Waals surface area (Å²) in [5.74, 6) is 0.491. The Hall–Kier alpha value is -2.79. The number of aromatic nitrogens is 2. The number of nitrogens with one attached hydrogen (secondary N) is 1. The van der Waals surface area contributed by atoms with Gasteiger partial charge >= 0.3 is 0 Å². The van der Waals surface area contributed by atoms with Gasteiger partial charge in [-0.1, -0.05) is 119 Å². The summed E-state index contributed by atoms with van der Waals surface area (Å²) in [7, 11) is 0. The number of hydrogen-bond donors (Lipinski definition) is 1. The van der Waals surface area contributed by atoms with Gasteiger partial charge in [-0.05, 0) is 30.5 Å². The summed E-state index contributed by atoms with van der Waals surface area (Å²) in [6.45, 7) is 2.42. The summed E-state index contributed by atoms with van der Waals surface area (Å²) in [4.78, 5) is 27.3. The quantitative estimate of drug-likeness (QED) is 0.137. The van der Waals surface area contributed by atoms with Crippen LogP contribution in [0.25, 0.3) is 12.2 Å². The number of nitrogens with zero attached hydrogens (tertiary/aromatic N) is 3. The Bertz CT molecular complexity index is 1290. The first-order valence-electron chi connectivity index (χ1n) is 11.3. The van der Waals surface area contributed by atoms with Crippen molar-refractivity contribution >= 4 is 80.5 Å². The van der Waals surface area contributed by atoms with Crippen LogP contribution in [-0.4, -0.2) is 43.5 Å². The Balaban J connectivity index is 1.19. The van der Waals surface area contributed by atoms with Crippen molar-refractivity contribution in [2.24, 2.45) is 0 Å². The van der Waals surface area contributed by atoms with Gasteiger partial charge in [0.15, 0.2) is 4.34 Å². The van der Waals surface area contributed by atoms with E-state index in [4.69, 9.17) is 12.2 Å². The van der Waals surface area contributed by atoms with Crippen molar-refractivity contribution in [2.75, 3.05) is 17.6 Å². The molecule has 0 unspecified atom stereocenters. The second-order valence-corrected chi connectivity index (χ2v) is 11.8. The molecule has 184 valence electrons. The summed E-state index contributed by atoms with van der Waals surface area (Å²) in [6.07, 6.45) is 6.75. The second kappa shape index (κ2) is 13.0. The lowest BCUT2D eigenvalue weighted by atomic mass is 10.1. The van der Waals surface area contributed by atoms with Gasteiger partial charge in [0.2, 0.25) is 11.0 Å². The topological polar surface area (TPSA) is 75.2 Å². The van der Waals surface area contributed by atoms with E-state index in [1.54, 1.807) is 16.7 Å². The van der Waals surface area contributed by atoms with E-state index >= 15 is 0 Å². The minimum Gasteiger partial charge on any atom is -0.301 e. The van der Waals surface area contributed by atoms with Gasteiger partial charge in [0.05, 0.1) is 4.91 Å². The van der Waals surface area contributed by atoms with Crippen LogP contribution in [0.15, 0.2) is 69.9 Å². The molecule has 6 nitrogen and oxygen atoms in total. The number of carbonyl (C=O) groups excluding carboxylic acids is 2. The van der Waals surface area contributed by atoms with Crippen LogP contribution in [0.4, 0.5) is 5.13 Å². The van der Waals surface area contributed by atoms with Crippen molar-refractivity contribution < 1.29 is 9.59 Å². The maximum atomic E-state index is 12.8. The molecule has 1 saturated heterocycles. The van der Waals surface area contributed by atoms with Crippen molar-refractivity contribution in [1.29, 1.82) is 0 Å². The molecular weight excluding hydrogens is 529 g/mol. The standard InChI is InChI=1S/C26H24N4O2S4/c1-18-11-13-20(14-12-18)17-21-23(32)30(26(33)35-21)15-5-10-22(31)27-24-28-29-25(36-24)34-16-6-9-19-7-3-2-4-8-19/h2-4,6-9,11-14,17H,5,10,15-16H2,1H3,(H,27,28,31)/b9-6+,21-17+. The molecule has 0 aliphatic carbocycles. The monoisotopic (exact) mass is 552 g/mol. The van der Waals surface area contributed by atoms with Crippen molar-refractivity contribution in [3.05, 3.63) is 82.3 Å². The van der Waals surface area contributed by atoms with Crippen LogP contribution in [-0.2, 0) is 9.59 Å². The molecule has 2 heterocycles. The van der Waals surface area contributed by atoms with Gasteiger partial charge in [0, 0.05) is 18.7 Å². The highest BCUT2D eigenvalue weighted by Crippen LogP contribution is 2.33. The molecule has 0 bridgehead atoms.